The summed E-state index contributed by atoms with van der Waals surface area (Å²) in [5, 5.41) is 0. The molecule has 2 saturated heterocycles. The van der Waals surface area contributed by atoms with E-state index in [1.807, 2.05) is 30.3 Å². The van der Waals surface area contributed by atoms with Crippen LogP contribution < -0.4 is 0 Å². The molecule has 3 amide bonds. The van der Waals surface area contributed by atoms with Gasteiger partial charge >= 0.3 is 24.3 Å². The van der Waals surface area contributed by atoms with Gasteiger partial charge in [0, 0.05) is 38.3 Å². The van der Waals surface area contributed by atoms with Gasteiger partial charge in [0.1, 0.15) is 12.2 Å². The monoisotopic (exact) mass is 513 g/mol. The van der Waals surface area contributed by atoms with E-state index in [4.69, 9.17) is 9.47 Å². The van der Waals surface area contributed by atoms with Gasteiger partial charge in [-0.25, -0.2) is 9.59 Å². The molecule has 0 radical (unpaired) electrons. The largest absolute Gasteiger partial charge is 0.471 e. The molecular weight excluding hydrogens is 479 g/mol. The van der Waals surface area contributed by atoms with Crippen molar-refractivity contribution in [2.45, 2.75) is 76.9 Å². The molecular formula is C25H34F3N3O5. The first-order valence-corrected chi connectivity index (χ1v) is 12.2. The first kappa shape index (κ1) is 27.6. The van der Waals surface area contributed by atoms with Crippen LogP contribution in [-0.4, -0.2) is 82.8 Å². The van der Waals surface area contributed by atoms with Crippen molar-refractivity contribution in [3.63, 3.8) is 0 Å². The summed E-state index contributed by atoms with van der Waals surface area (Å²) < 4.78 is 51.2. The van der Waals surface area contributed by atoms with Crippen LogP contribution in [0.1, 0.15) is 52.0 Å². The molecule has 0 atom stereocenters. The van der Waals surface area contributed by atoms with Gasteiger partial charge in [-0.3, -0.25) is 4.79 Å². The van der Waals surface area contributed by atoms with E-state index in [9.17, 15) is 27.6 Å². The highest BCUT2D eigenvalue weighted by atomic mass is 19.4. The van der Waals surface area contributed by atoms with E-state index in [0.717, 1.165) is 10.5 Å². The number of alkyl halides is 3. The Hall–Kier alpha value is -2.98. The molecule has 1 aromatic carbocycles. The standard InChI is InChI=1S/C25H34F3N3O5/c1-24(2,3)36-23(34)30-15-11-20(12-16-30)31(21(32)25(26,27)28)19-9-13-29(14-10-19)22(33)35-17-18-7-5-4-6-8-18/h4-8,19-20H,9-17H2,1-3H3. The van der Waals surface area contributed by atoms with E-state index in [2.05, 4.69) is 0 Å². The van der Waals surface area contributed by atoms with Crippen LogP contribution in [0.3, 0.4) is 0 Å². The predicted octanol–water partition coefficient (Wildman–Crippen LogP) is 4.58. The molecule has 3 rings (SSSR count). The number of piperidine rings is 2. The predicted molar refractivity (Wildman–Crippen MR) is 125 cm³/mol. The fourth-order valence-electron chi connectivity index (χ4n) is 4.57. The highest BCUT2D eigenvalue weighted by molar-refractivity contribution is 5.82. The third-order valence-corrected chi connectivity index (χ3v) is 6.31. The number of amides is 3. The molecule has 0 aliphatic carbocycles. The van der Waals surface area contributed by atoms with E-state index in [1.54, 1.807) is 20.8 Å². The van der Waals surface area contributed by atoms with E-state index in [-0.39, 0.29) is 58.5 Å². The Morgan fingerprint density at radius 3 is 1.78 bits per heavy atom. The normalized spacial score (nSPS) is 18.1. The first-order valence-electron chi connectivity index (χ1n) is 12.2. The zero-order valence-electron chi connectivity index (χ0n) is 20.9. The molecule has 36 heavy (non-hydrogen) atoms. The van der Waals surface area contributed by atoms with Crippen molar-refractivity contribution in [1.29, 1.82) is 0 Å². The maximum Gasteiger partial charge on any atom is 0.471 e. The lowest BCUT2D eigenvalue weighted by atomic mass is 9.96. The summed E-state index contributed by atoms with van der Waals surface area (Å²) in [7, 11) is 0. The van der Waals surface area contributed by atoms with Gasteiger partial charge in [-0.15, -0.1) is 0 Å². The summed E-state index contributed by atoms with van der Waals surface area (Å²) in [6, 6.07) is 7.86. The first-order chi connectivity index (χ1) is 16.8. The lowest BCUT2D eigenvalue weighted by Crippen LogP contribution is -2.58. The summed E-state index contributed by atoms with van der Waals surface area (Å²) in [6.07, 6.45) is -5.17. The number of carbonyl (C=O) groups is 3. The molecule has 0 bridgehead atoms. The Morgan fingerprint density at radius 2 is 1.33 bits per heavy atom. The molecule has 0 saturated carbocycles. The average Bonchev–Trinajstić information content (AvgIpc) is 2.82. The zero-order valence-corrected chi connectivity index (χ0v) is 20.9. The second-order valence-corrected chi connectivity index (χ2v) is 10.2. The number of rotatable bonds is 4. The van der Waals surface area contributed by atoms with Crippen molar-refractivity contribution in [2.75, 3.05) is 26.2 Å². The maximum atomic E-state index is 13.5. The summed E-state index contributed by atoms with van der Waals surface area (Å²) >= 11 is 0. The molecule has 1 aromatic rings. The molecule has 11 heteroatoms. The van der Waals surface area contributed by atoms with Gasteiger partial charge in [0.05, 0.1) is 0 Å². The van der Waals surface area contributed by atoms with Gasteiger partial charge in [0.2, 0.25) is 0 Å². The summed E-state index contributed by atoms with van der Waals surface area (Å²) in [5.41, 5.74) is 0.156. The Labute approximate surface area is 209 Å². The molecule has 0 spiro atoms. The van der Waals surface area contributed by atoms with Crippen molar-refractivity contribution in [1.82, 2.24) is 14.7 Å². The van der Waals surface area contributed by atoms with E-state index < -0.39 is 42.0 Å². The third kappa shape index (κ3) is 7.51. The number of ether oxygens (including phenoxy) is 2. The Morgan fingerprint density at radius 1 is 0.861 bits per heavy atom. The molecule has 200 valence electrons. The van der Waals surface area contributed by atoms with E-state index >= 15 is 0 Å². The summed E-state index contributed by atoms with van der Waals surface area (Å²) in [4.78, 5) is 41.1. The summed E-state index contributed by atoms with van der Waals surface area (Å²) in [6.45, 7) is 6.11. The Kier molecular flexibility index (Phi) is 8.73. The molecule has 2 aliphatic rings. The Bertz CT molecular complexity index is 904. The Balaban J connectivity index is 1.58. The van der Waals surface area contributed by atoms with Crippen molar-refractivity contribution >= 4 is 18.1 Å². The zero-order chi connectivity index (χ0) is 26.5. The van der Waals surface area contributed by atoms with Gasteiger partial charge in [0.15, 0.2) is 0 Å². The van der Waals surface area contributed by atoms with Crippen LogP contribution in [0.4, 0.5) is 22.8 Å². The van der Waals surface area contributed by atoms with Crippen LogP contribution >= 0.6 is 0 Å². The number of halogens is 3. The molecule has 0 aromatic heterocycles. The number of nitrogens with zero attached hydrogens (tertiary/aromatic N) is 3. The molecule has 2 heterocycles. The minimum atomic E-state index is -5.01. The van der Waals surface area contributed by atoms with Gasteiger partial charge in [0.25, 0.3) is 0 Å². The van der Waals surface area contributed by atoms with Crippen molar-refractivity contribution < 1.29 is 37.0 Å². The van der Waals surface area contributed by atoms with Gasteiger partial charge in [-0.1, -0.05) is 30.3 Å². The van der Waals surface area contributed by atoms with Crippen LogP contribution in [-0.2, 0) is 20.9 Å². The minimum absolute atomic E-state index is 0.106. The number of likely N-dealkylation sites (tertiary alicyclic amines) is 2. The SMILES string of the molecule is CC(C)(C)OC(=O)N1CCC(N(C(=O)C(F)(F)F)C2CCN(C(=O)OCc3ccccc3)CC2)CC1. The second kappa shape index (κ2) is 11.4. The topological polar surface area (TPSA) is 79.4 Å². The molecule has 0 unspecified atom stereocenters. The minimum Gasteiger partial charge on any atom is -0.445 e. The number of hydrogen-bond donors (Lipinski definition) is 0. The van der Waals surface area contributed by atoms with E-state index in [0.29, 0.717) is 0 Å². The number of hydrogen-bond acceptors (Lipinski definition) is 5. The quantitative estimate of drug-likeness (QED) is 0.589. The van der Waals surface area contributed by atoms with Gasteiger partial charge in [-0.05, 0) is 52.0 Å². The second-order valence-electron chi connectivity index (χ2n) is 10.2. The molecule has 2 aliphatic heterocycles. The van der Waals surface area contributed by atoms with Crippen molar-refractivity contribution in [2.24, 2.45) is 0 Å². The van der Waals surface area contributed by atoms with Crippen molar-refractivity contribution in [3.8, 4) is 0 Å². The molecule has 0 N–H and O–H groups in total. The van der Waals surface area contributed by atoms with Gasteiger partial charge in [-0.2, -0.15) is 13.2 Å². The van der Waals surface area contributed by atoms with Crippen molar-refractivity contribution in [3.05, 3.63) is 35.9 Å². The average molecular weight is 514 g/mol. The van der Waals surface area contributed by atoms with Crippen LogP contribution in [0.25, 0.3) is 0 Å². The van der Waals surface area contributed by atoms with Crippen LogP contribution in [0.5, 0.6) is 0 Å². The fraction of sp³-hybridized carbons (Fsp3) is 0.640. The third-order valence-electron chi connectivity index (χ3n) is 6.31. The highest BCUT2D eigenvalue weighted by Gasteiger charge is 2.48. The molecule has 2 fully saturated rings. The van der Waals surface area contributed by atoms with Gasteiger partial charge < -0.3 is 24.2 Å². The summed E-state index contributed by atoms with van der Waals surface area (Å²) in [5.74, 6) is -1.87. The highest BCUT2D eigenvalue weighted by Crippen LogP contribution is 2.30. The number of benzene rings is 1. The van der Waals surface area contributed by atoms with E-state index in [1.165, 1.54) is 9.80 Å². The molecule has 8 nitrogen and oxygen atoms in total. The van der Waals surface area contributed by atoms with Crippen LogP contribution in [0.2, 0.25) is 0 Å². The fourth-order valence-corrected chi connectivity index (χ4v) is 4.57. The number of carbonyl (C=O) groups excluding carboxylic acids is 3. The van der Waals surface area contributed by atoms with Crippen LogP contribution in [0, 0.1) is 0 Å². The lowest BCUT2D eigenvalue weighted by Gasteiger charge is -2.45. The van der Waals surface area contributed by atoms with Crippen LogP contribution in [0.15, 0.2) is 30.3 Å². The maximum absolute atomic E-state index is 13.5. The lowest BCUT2D eigenvalue weighted by molar-refractivity contribution is -0.192. The smallest absolute Gasteiger partial charge is 0.445 e.